The van der Waals surface area contributed by atoms with Gasteiger partial charge in [0.1, 0.15) is 0 Å². The standard InChI is InChI=1S/C5H6NO/c1-3-4-6(2)5-7/h5H,1H2,2H3. The Bertz CT molecular complexity index is 109. The summed E-state index contributed by atoms with van der Waals surface area (Å²) in [5.74, 6) is 2.31. The maximum atomic E-state index is 9.69. The maximum absolute atomic E-state index is 9.69. The first-order valence-corrected chi connectivity index (χ1v) is 1.77. The molecule has 0 heterocycles. The lowest BCUT2D eigenvalue weighted by Crippen LogP contribution is -2.06. The minimum atomic E-state index is 0.623. The number of hydrogen-bond donors (Lipinski definition) is 0. The highest BCUT2D eigenvalue weighted by Crippen LogP contribution is 1.63. The number of nitrogens with zero attached hydrogens (tertiary/aromatic N) is 1. The van der Waals surface area contributed by atoms with E-state index in [1.54, 1.807) is 7.05 Å². The molecule has 0 rings (SSSR count). The molecule has 7 heavy (non-hydrogen) atoms. The van der Waals surface area contributed by atoms with E-state index >= 15 is 0 Å². The Kier molecular flexibility index (Phi) is 2.78. The van der Waals surface area contributed by atoms with Crippen LogP contribution in [0.25, 0.3) is 0 Å². The molecule has 0 aliphatic heterocycles. The third kappa shape index (κ3) is 2.84. The third-order valence-corrected chi connectivity index (χ3v) is 0.414. The van der Waals surface area contributed by atoms with Gasteiger partial charge in [0, 0.05) is 20.0 Å². The van der Waals surface area contributed by atoms with Gasteiger partial charge in [0.25, 0.3) is 0 Å². The van der Waals surface area contributed by atoms with Gasteiger partial charge in [-0.1, -0.05) is 5.92 Å². The number of carbonyl (C=O) groups excluding carboxylic acids is 1. The van der Waals surface area contributed by atoms with E-state index in [1.165, 1.54) is 4.90 Å². The molecule has 2 heteroatoms. The van der Waals surface area contributed by atoms with Crippen molar-refractivity contribution >= 4 is 6.41 Å². The van der Waals surface area contributed by atoms with Crippen molar-refractivity contribution in [3.63, 3.8) is 0 Å². The van der Waals surface area contributed by atoms with Gasteiger partial charge >= 0.3 is 0 Å². The van der Waals surface area contributed by atoms with Crippen molar-refractivity contribution in [2.45, 2.75) is 0 Å². The molecule has 1 amide bonds. The fourth-order valence-corrected chi connectivity index (χ4v) is 0.151. The quantitative estimate of drug-likeness (QED) is 0.253. The van der Waals surface area contributed by atoms with Crippen molar-refractivity contribution in [1.82, 2.24) is 4.90 Å². The summed E-state index contributed by atoms with van der Waals surface area (Å²) in [7, 11) is 1.56. The Morgan fingerprint density at radius 2 is 2.43 bits per heavy atom. The van der Waals surface area contributed by atoms with Gasteiger partial charge < -0.3 is 0 Å². The highest BCUT2D eigenvalue weighted by Gasteiger charge is 1.76. The first-order valence-electron chi connectivity index (χ1n) is 1.77. The van der Waals surface area contributed by atoms with Crippen LogP contribution < -0.4 is 0 Å². The minimum absolute atomic E-state index is 0.623. The molecule has 0 aromatic rings. The van der Waals surface area contributed by atoms with E-state index in [1.807, 2.05) is 0 Å². The van der Waals surface area contributed by atoms with Crippen LogP contribution in [0.4, 0.5) is 0 Å². The van der Waals surface area contributed by atoms with E-state index in [9.17, 15) is 4.79 Å². The summed E-state index contributed by atoms with van der Waals surface area (Å²) in [5, 5.41) is 0. The van der Waals surface area contributed by atoms with Gasteiger partial charge in [0.2, 0.25) is 6.41 Å². The van der Waals surface area contributed by atoms with Crippen molar-refractivity contribution in [3.8, 4) is 12.0 Å². The van der Waals surface area contributed by atoms with Crippen LogP contribution in [0.3, 0.4) is 0 Å². The van der Waals surface area contributed by atoms with Gasteiger partial charge in [0.05, 0.1) is 0 Å². The lowest BCUT2D eigenvalue weighted by molar-refractivity contribution is -0.114. The van der Waals surface area contributed by atoms with Crippen molar-refractivity contribution in [2.75, 3.05) is 7.05 Å². The van der Waals surface area contributed by atoms with Gasteiger partial charge in [-0.2, -0.15) is 0 Å². The predicted octanol–water partition coefficient (Wildman–Crippen LogP) is -0.130. The summed E-state index contributed by atoms with van der Waals surface area (Å²) in [5.41, 5.74) is 0. The second kappa shape index (κ2) is 3.23. The maximum Gasteiger partial charge on any atom is 0.220 e. The highest BCUT2D eigenvalue weighted by molar-refractivity contribution is 5.49. The molecule has 0 spiro atoms. The van der Waals surface area contributed by atoms with Gasteiger partial charge in [-0.15, -0.1) is 0 Å². The summed E-state index contributed by atoms with van der Waals surface area (Å²) < 4.78 is 0. The topological polar surface area (TPSA) is 20.3 Å². The molecule has 0 N–H and O–H groups in total. The summed E-state index contributed by atoms with van der Waals surface area (Å²) in [6.07, 6.45) is 0.623. The second-order valence-corrected chi connectivity index (χ2v) is 1.00. The molecule has 0 aromatic heterocycles. The molecule has 0 fully saturated rings. The van der Waals surface area contributed by atoms with Gasteiger partial charge in [-0.05, 0) is 0 Å². The average Bonchev–Trinajstić information content (AvgIpc) is 1.68. The minimum Gasteiger partial charge on any atom is -0.278 e. The monoisotopic (exact) mass is 96.0 g/mol. The normalized spacial score (nSPS) is 6.00. The molecule has 0 aliphatic rings. The fourth-order valence-electron chi connectivity index (χ4n) is 0.151. The smallest absolute Gasteiger partial charge is 0.220 e. The average molecular weight is 96.1 g/mol. The summed E-state index contributed by atoms with van der Waals surface area (Å²) >= 11 is 0. The summed E-state index contributed by atoms with van der Waals surface area (Å²) in [4.78, 5) is 10.9. The Hall–Kier alpha value is -0.970. The lowest BCUT2D eigenvalue weighted by Gasteiger charge is -1.92. The summed E-state index contributed by atoms with van der Waals surface area (Å²) in [6, 6.07) is 2.40. The molecule has 0 aromatic carbocycles. The number of amides is 1. The lowest BCUT2D eigenvalue weighted by atomic mass is 10.7. The molecule has 2 nitrogen and oxygen atoms in total. The zero-order valence-electron chi connectivity index (χ0n) is 4.14. The molecule has 37 valence electrons. The molecule has 0 saturated heterocycles. The zero-order valence-corrected chi connectivity index (χ0v) is 4.14. The van der Waals surface area contributed by atoms with Gasteiger partial charge in [-0.3, -0.25) is 9.69 Å². The van der Waals surface area contributed by atoms with E-state index in [0.717, 1.165) is 0 Å². The molecule has 0 atom stereocenters. The SMILES string of the molecule is [CH2]C#CN(C)C=O. The zero-order chi connectivity index (χ0) is 5.70. The Labute approximate surface area is 43.1 Å². The van der Waals surface area contributed by atoms with Crippen molar-refractivity contribution in [1.29, 1.82) is 0 Å². The summed E-state index contributed by atoms with van der Waals surface area (Å²) in [6.45, 7) is 3.21. The van der Waals surface area contributed by atoms with E-state index in [0.29, 0.717) is 6.41 Å². The number of carbonyl (C=O) groups is 1. The van der Waals surface area contributed by atoms with Crippen molar-refractivity contribution in [3.05, 3.63) is 6.92 Å². The van der Waals surface area contributed by atoms with E-state index in [4.69, 9.17) is 0 Å². The molecule has 1 radical (unpaired) electrons. The highest BCUT2D eigenvalue weighted by atomic mass is 16.1. The molecular weight excluding hydrogens is 90.1 g/mol. The van der Waals surface area contributed by atoms with Gasteiger partial charge in [-0.25, -0.2) is 0 Å². The van der Waals surface area contributed by atoms with Crippen LogP contribution in [0, 0.1) is 18.9 Å². The molecular formula is C5H6NO. The Morgan fingerprint density at radius 1 is 1.86 bits per heavy atom. The molecule has 0 unspecified atom stereocenters. The van der Waals surface area contributed by atoms with Crippen LogP contribution in [-0.2, 0) is 4.79 Å². The first-order chi connectivity index (χ1) is 3.31. The molecule has 0 bridgehead atoms. The Balaban J connectivity index is 3.49. The van der Waals surface area contributed by atoms with Crippen LogP contribution in [0.1, 0.15) is 0 Å². The van der Waals surface area contributed by atoms with Crippen molar-refractivity contribution < 1.29 is 4.79 Å². The van der Waals surface area contributed by atoms with Crippen LogP contribution in [0.5, 0.6) is 0 Å². The number of hydrogen-bond acceptors (Lipinski definition) is 1. The van der Waals surface area contributed by atoms with Gasteiger partial charge in [0.15, 0.2) is 0 Å². The van der Waals surface area contributed by atoms with E-state index < -0.39 is 0 Å². The predicted molar refractivity (Wildman–Crippen MR) is 27.0 cm³/mol. The van der Waals surface area contributed by atoms with Crippen LogP contribution in [0.2, 0.25) is 0 Å². The van der Waals surface area contributed by atoms with Crippen molar-refractivity contribution in [2.24, 2.45) is 0 Å². The number of rotatable bonds is 1. The Morgan fingerprint density at radius 3 is 2.57 bits per heavy atom. The fraction of sp³-hybridized carbons (Fsp3) is 0.200. The molecule has 0 saturated carbocycles. The van der Waals surface area contributed by atoms with Crippen LogP contribution >= 0.6 is 0 Å². The van der Waals surface area contributed by atoms with E-state index in [2.05, 4.69) is 18.9 Å². The largest absolute Gasteiger partial charge is 0.278 e. The van der Waals surface area contributed by atoms with Crippen LogP contribution in [-0.4, -0.2) is 18.4 Å². The molecule has 0 aliphatic carbocycles. The third-order valence-electron chi connectivity index (χ3n) is 0.414. The van der Waals surface area contributed by atoms with E-state index in [-0.39, 0.29) is 0 Å². The second-order valence-electron chi connectivity index (χ2n) is 1.00. The van der Waals surface area contributed by atoms with Crippen LogP contribution in [0.15, 0.2) is 0 Å². The first kappa shape index (κ1) is 6.03.